The number of hydrogen-bond acceptors (Lipinski definition) is 1. The maximum absolute atomic E-state index is 14.4. The molecular formula is C33H31NO. The SMILES string of the molecule is CC(C)N(C(=O)c1c(-c2cccc3ccccc23)cccc1-c1cccc2ccccc12)C(C)C. The van der Waals surface area contributed by atoms with Crippen molar-refractivity contribution in [3.05, 3.63) is 109 Å². The summed E-state index contributed by atoms with van der Waals surface area (Å²) in [5, 5.41) is 4.65. The van der Waals surface area contributed by atoms with E-state index < -0.39 is 0 Å². The second-order valence-electron chi connectivity index (χ2n) is 9.68. The van der Waals surface area contributed by atoms with Crippen molar-refractivity contribution in [3.63, 3.8) is 0 Å². The molecule has 0 spiro atoms. The summed E-state index contributed by atoms with van der Waals surface area (Å²) in [4.78, 5) is 16.4. The molecule has 174 valence electrons. The van der Waals surface area contributed by atoms with E-state index >= 15 is 0 Å². The second kappa shape index (κ2) is 9.38. The molecule has 5 rings (SSSR count). The van der Waals surface area contributed by atoms with Crippen molar-refractivity contribution < 1.29 is 4.79 Å². The van der Waals surface area contributed by atoms with Gasteiger partial charge in [0, 0.05) is 12.1 Å². The van der Waals surface area contributed by atoms with E-state index in [-0.39, 0.29) is 18.0 Å². The Labute approximate surface area is 207 Å². The predicted octanol–water partition coefficient (Wildman–Crippen LogP) is 8.59. The largest absolute Gasteiger partial charge is 0.334 e. The molecule has 2 nitrogen and oxygen atoms in total. The molecule has 0 aliphatic rings. The third-order valence-electron chi connectivity index (χ3n) is 6.79. The highest BCUT2D eigenvalue weighted by molar-refractivity contribution is 6.12. The highest BCUT2D eigenvalue weighted by Crippen LogP contribution is 2.39. The van der Waals surface area contributed by atoms with Gasteiger partial charge in [0.05, 0.1) is 5.56 Å². The number of rotatable bonds is 5. The van der Waals surface area contributed by atoms with E-state index in [2.05, 4.69) is 131 Å². The molecule has 0 unspecified atom stereocenters. The van der Waals surface area contributed by atoms with Crippen LogP contribution < -0.4 is 0 Å². The van der Waals surface area contributed by atoms with Gasteiger partial charge < -0.3 is 4.90 Å². The van der Waals surface area contributed by atoms with Gasteiger partial charge in [0.25, 0.3) is 5.91 Å². The maximum Gasteiger partial charge on any atom is 0.255 e. The Morgan fingerprint density at radius 1 is 0.514 bits per heavy atom. The van der Waals surface area contributed by atoms with Crippen LogP contribution in [0, 0.1) is 0 Å². The summed E-state index contributed by atoms with van der Waals surface area (Å²) < 4.78 is 0. The van der Waals surface area contributed by atoms with Gasteiger partial charge in [-0.05, 0) is 71.5 Å². The van der Waals surface area contributed by atoms with Crippen molar-refractivity contribution in [2.24, 2.45) is 0 Å². The summed E-state index contributed by atoms with van der Waals surface area (Å²) in [7, 11) is 0. The Kier molecular flexibility index (Phi) is 6.13. The lowest BCUT2D eigenvalue weighted by atomic mass is 9.87. The van der Waals surface area contributed by atoms with Gasteiger partial charge in [0.2, 0.25) is 0 Å². The molecule has 0 aromatic heterocycles. The lowest BCUT2D eigenvalue weighted by Crippen LogP contribution is -2.42. The molecule has 2 heteroatoms. The first-order valence-corrected chi connectivity index (χ1v) is 12.4. The predicted molar refractivity (Wildman–Crippen MR) is 149 cm³/mol. The Morgan fingerprint density at radius 2 is 0.886 bits per heavy atom. The summed E-state index contributed by atoms with van der Waals surface area (Å²) in [6, 6.07) is 35.9. The zero-order valence-corrected chi connectivity index (χ0v) is 20.8. The Morgan fingerprint density at radius 3 is 1.34 bits per heavy atom. The molecule has 0 aliphatic carbocycles. The van der Waals surface area contributed by atoms with E-state index in [0.717, 1.165) is 38.6 Å². The third-order valence-corrected chi connectivity index (χ3v) is 6.79. The Hall–Kier alpha value is -3.91. The molecule has 0 fully saturated rings. The smallest absolute Gasteiger partial charge is 0.255 e. The van der Waals surface area contributed by atoms with E-state index in [1.807, 2.05) is 4.90 Å². The zero-order valence-electron chi connectivity index (χ0n) is 20.8. The summed E-state index contributed by atoms with van der Waals surface area (Å²) >= 11 is 0. The molecule has 0 atom stereocenters. The maximum atomic E-state index is 14.4. The normalized spacial score (nSPS) is 11.5. The summed E-state index contributed by atoms with van der Waals surface area (Å²) in [6.45, 7) is 8.37. The van der Waals surface area contributed by atoms with Gasteiger partial charge in [-0.1, -0.05) is 103 Å². The molecule has 0 radical (unpaired) electrons. The van der Waals surface area contributed by atoms with E-state index in [9.17, 15) is 4.79 Å². The molecule has 35 heavy (non-hydrogen) atoms. The second-order valence-corrected chi connectivity index (χ2v) is 9.68. The number of fused-ring (bicyclic) bond motifs is 2. The average molecular weight is 458 g/mol. The van der Waals surface area contributed by atoms with Crippen molar-refractivity contribution >= 4 is 27.5 Å². The van der Waals surface area contributed by atoms with Gasteiger partial charge in [-0.15, -0.1) is 0 Å². The zero-order chi connectivity index (χ0) is 24.5. The summed E-state index contributed by atoms with van der Waals surface area (Å²) in [5.41, 5.74) is 4.89. The van der Waals surface area contributed by atoms with Crippen LogP contribution in [0.1, 0.15) is 38.1 Å². The van der Waals surface area contributed by atoms with Gasteiger partial charge in [0.1, 0.15) is 0 Å². The van der Waals surface area contributed by atoms with Gasteiger partial charge in [-0.2, -0.15) is 0 Å². The lowest BCUT2D eigenvalue weighted by molar-refractivity contribution is 0.0645. The Balaban J connectivity index is 1.86. The minimum Gasteiger partial charge on any atom is -0.334 e. The molecule has 1 amide bonds. The van der Waals surface area contributed by atoms with Crippen molar-refractivity contribution in [1.82, 2.24) is 4.90 Å². The van der Waals surface area contributed by atoms with Crippen molar-refractivity contribution in [3.8, 4) is 22.3 Å². The number of carbonyl (C=O) groups excluding carboxylic acids is 1. The fourth-order valence-electron chi connectivity index (χ4n) is 5.35. The highest BCUT2D eigenvalue weighted by Gasteiger charge is 2.28. The van der Waals surface area contributed by atoms with Crippen molar-refractivity contribution in [1.29, 1.82) is 0 Å². The quantitative estimate of drug-likeness (QED) is 0.259. The van der Waals surface area contributed by atoms with Crippen LogP contribution in [-0.4, -0.2) is 22.9 Å². The summed E-state index contributed by atoms with van der Waals surface area (Å²) in [5.74, 6) is 0.0708. The molecule has 0 N–H and O–H groups in total. The van der Waals surface area contributed by atoms with Crippen LogP contribution in [0.15, 0.2) is 103 Å². The molecule has 5 aromatic carbocycles. The first-order valence-electron chi connectivity index (χ1n) is 12.4. The molecule has 0 saturated carbocycles. The Bertz CT molecular complexity index is 1410. The van der Waals surface area contributed by atoms with Crippen LogP contribution in [0.3, 0.4) is 0 Å². The van der Waals surface area contributed by atoms with E-state index in [1.54, 1.807) is 0 Å². The fraction of sp³-hybridized carbons (Fsp3) is 0.182. The number of nitrogens with zero attached hydrogens (tertiary/aromatic N) is 1. The van der Waals surface area contributed by atoms with Gasteiger partial charge in [-0.3, -0.25) is 4.79 Å². The van der Waals surface area contributed by atoms with Gasteiger partial charge in [-0.25, -0.2) is 0 Å². The van der Waals surface area contributed by atoms with Gasteiger partial charge in [0.15, 0.2) is 0 Å². The number of hydrogen-bond donors (Lipinski definition) is 0. The van der Waals surface area contributed by atoms with Crippen LogP contribution in [0.2, 0.25) is 0 Å². The van der Waals surface area contributed by atoms with Crippen LogP contribution in [0.5, 0.6) is 0 Å². The molecular weight excluding hydrogens is 426 g/mol. The van der Waals surface area contributed by atoms with Crippen LogP contribution in [0.25, 0.3) is 43.8 Å². The minimum atomic E-state index is 0.0708. The molecule has 0 bridgehead atoms. The monoisotopic (exact) mass is 457 g/mol. The lowest BCUT2D eigenvalue weighted by Gasteiger charge is -2.32. The van der Waals surface area contributed by atoms with Crippen molar-refractivity contribution in [2.45, 2.75) is 39.8 Å². The minimum absolute atomic E-state index is 0.0708. The molecule has 0 saturated heterocycles. The van der Waals surface area contributed by atoms with Gasteiger partial charge >= 0.3 is 0 Å². The van der Waals surface area contributed by atoms with Crippen LogP contribution in [-0.2, 0) is 0 Å². The molecule has 0 heterocycles. The van der Waals surface area contributed by atoms with Crippen LogP contribution in [0.4, 0.5) is 0 Å². The van der Waals surface area contributed by atoms with E-state index in [1.165, 1.54) is 10.8 Å². The average Bonchev–Trinajstić information content (AvgIpc) is 2.87. The molecule has 0 aliphatic heterocycles. The van der Waals surface area contributed by atoms with E-state index in [0.29, 0.717) is 0 Å². The van der Waals surface area contributed by atoms with Crippen molar-refractivity contribution in [2.75, 3.05) is 0 Å². The topological polar surface area (TPSA) is 20.3 Å². The van der Waals surface area contributed by atoms with E-state index in [4.69, 9.17) is 0 Å². The number of carbonyl (C=O) groups is 1. The highest BCUT2D eigenvalue weighted by atomic mass is 16.2. The standard InChI is InChI=1S/C33H31NO/c1-22(2)34(23(3)4)33(35)32-30(28-18-9-14-24-12-5-7-16-26(24)28)20-11-21-31(32)29-19-10-15-25-13-6-8-17-27(25)29/h5-23H,1-4H3. The third kappa shape index (κ3) is 4.10. The van der Waals surface area contributed by atoms with Crippen LogP contribution >= 0.6 is 0 Å². The molecule has 5 aromatic rings. The number of benzene rings is 5. The first-order chi connectivity index (χ1) is 17.0. The number of amides is 1. The first kappa shape index (κ1) is 22.9. The summed E-state index contributed by atoms with van der Waals surface area (Å²) in [6.07, 6.45) is 0. The fourth-order valence-corrected chi connectivity index (χ4v) is 5.35.